The highest BCUT2D eigenvalue weighted by atomic mass is 16.4. The summed E-state index contributed by atoms with van der Waals surface area (Å²) in [4.78, 5) is 28.0. The first-order valence-electron chi connectivity index (χ1n) is 7.59. The van der Waals surface area contributed by atoms with Crippen LogP contribution in [-0.2, 0) is 4.79 Å². The Labute approximate surface area is 134 Å². The Morgan fingerprint density at radius 3 is 2.39 bits per heavy atom. The molecule has 1 saturated carbocycles. The average Bonchev–Trinajstić information content (AvgIpc) is 3.23. The van der Waals surface area contributed by atoms with E-state index in [1.165, 1.54) is 6.26 Å². The number of carbonyl (C=O) groups is 2. The maximum Gasteiger partial charge on any atom is 0.302 e. The molecule has 0 aliphatic heterocycles. The second-order valence-corrected chi connectivity index (χ2v) is 6.03. The van der Waals surface area contributed by atoms with Crippen LogP contribution in [0.2, 0.25) is 0 Å². The molecule has 1 aliphatic rings. The second-order valence-electron chi connectivity index (χ2n) is 6.03. The number of benzene rings is 1. The number of carbonyl (C=O) groups excluding carboxylic acids is 2. The van der Waals surface area contributed by atoms with E-state index in [0.717, 1.165) is 35.2 Å². The van der Waals surface area contributed by atoms with Crippen LogP contribution in [0.1, 0.15) is 40.0 Å². The van der Waals surface area contributed by atoms with Crippen molar-refractivity contribution in [3.63, 3.8) is 0 Å². The second kappa shape index (κ2) is 5.87. The Hall–Kier alpha value is -2.63. The fourth-order valence-electron chi connectivity index (χ4n) is 2.54. The summed E-state index contributed by atoms with van der Waals surface area (Å²) >= 11 is 0. The van der Waals surface area contributed by atoms with Crippen molar-refractivity contribution in [2.45, 2.75) is 33.6 Å². The Kier molecular flexibility index (Phi) is 3.90. The van der Waals surface area contributed by atoms with E-state index in [2.05, 4.69) is 15.6 Å². The summed E-state index contributed by atoms with van der Waals surface area (Å²) in [7, 11) is 0. The molecule has 120 valence electrons. The number of nitrogens with one attached hydrogen (secondary N) is 2. The van der Waals surface area contributed by atoms with Gasteiger partial charge in [-0.1, -0.05) is 17.7 Å². The average molecular weight is 313 g/mol. The Morgan fingerprint density at radius 2 is 1.78 bits per heavy atom. The zero-order valence-electron chi connectivity index (χ0n) is 13.4. The van der Waals surface area contributed by atoms with Crippen molar-refractivity contribution in [2.75, 3.05) is 10.6 Å². The molecule has 0 spiro atoms. The molecule has 23 heavy (non-hydrogen) atoms. The molecule has 1 aromatic heterocycles. The van der Waals surface area contributed by atoms with Crippen LogP contribution in [0.5, 0.6) is 0 Å². The molecule has 2 N–H and O–H groups in total. The lowest BCUT2D eigenvalue weighted by Gasteiger charge is -2.11. The van der Waals surface area contributed by atoms with Gasteiger partial charge in [0.05, 0.1) is 0 Å². The molecule has 1 aliphatic carbocycles. The van der Waals surface area contributed by atoms with Gasteiger partial charge in [0.25, 0.3) is 5.91 Å². The lowest BCUT2D eigenvalue weighted by molar-refractivity contribution is -0.117. The minimum Gasteiger partial charge on any atom is -0.431 e. The molecular weight excluding hydrogens is 294 g/mol. The fourth-order valence-corrected chi connectivity index (χ4v) is 2.54. The van der Waals surface area contributed by atoms with Gasteiger partial charge in [-0.15, -0.1) is 0 Å². The Morgan fingerprint density at radius 1 is 1.13 bits per heavy atom. The third kappa shape index (κ3) is 3.41. The SMILES string of the molecule is Cc1cc(C)c(NC(=O)c2coc(NC(=O)C3CC3)n2)c(C)c1. The van der Waals surface area contributed by atoms with E-state index in [1.807, 2.05) is 32.9 Å². The summed E-state index contributed by atoms with van der Waals surface area (Å²) in [5, 5.41) is 5.43. The number of rotatable bonds is 4. The summed E-state index contributed by atoms with van der Waals surface area (Å²) in [6.45, 7) is 5.90. The van der Waals surface area contributed by atoms with Crippen molar-refractivity contribution < 1.29 is 14.0 Å². The Balaban J connectivity index is 1.71. The molecule has 2 amide bonds. The molecule has 0 atom stereocenters. The number of amides is 2. The number of hydrogen-bond acceptors (Lipinski definition) is 4. The number of hydrogen-bond donors (Lipinski definition) is 2. The van der Waals surface area contributed by atoms with Crippen LogP contribution in [0.25, 0.3) is 0 Å². The van der Waals surface area contributed by atoms with Crippen molar-refractivity contribution in [2.24, 2.45) is 5.92 Å². The summed E-state index contributed by atoms with van der Waals surface area (Å²) in [5.41, 5.74) is 4.02. The molecular formula is C17H19N3O3. The number of nitrogens with zero attached hydrogens (tertiary/aromatic N) is 1. The largest absolute Gasteiger partial charge is 0.431 e. The van der Waals surface area contributed by atoms with Gasteiger partial charge in [0.2, 0.25) is 5.91 Å². The summed E-state index contributed by atoms with van der Waals surface area (Å²) < 4.78 is 5.15. The number of anilines is 2. The van der Waals surface area contributed by atoms with E-state index in [-0.39, 0.29) is 29.4 Å². The van der Waals surface area contributed by atoms with Gasteiger partial charge >= 0.3 is 6.01 Å². The molecule has 0 bridgehead atoms. The third-order valence-electron chi connectivity index (χ3n) is 3.83. The van der Waals surface area contributed by atoms with Gasteiger partial charge in [-0.3, -0.25) is 14.9 Å². The van der Waals surface area contributed by atoms with Gasteiger partial charge in [0.15, 0.2) is 5.69 Å². The van der Waals surface area contributed by atoms with Gasteiger partial charge in [-0.05, 0) is 44.7 Å². The quantitative estimate of drug-likeness (QED) is 0.908. The van der Waals surface area contributed by atoms with Gasteiger partial charge in [-0.25, -0.2) is 0 Å². The molecule has 1 fully saturated rings. The van der Waals surface area contributed by atoms with Gasteiger partial charge in [0.1, 0.15) is 6.26 Å². The molecule has 0 radical (unpaired) electrons. The lowest BCUT2D eigenvalue weighted by atomic mass is 10.1. The molecule has 2 aromatic rings. The van der Waals surface area contributed by atoms with Crippen molar-refractivity contribution in [1.82, 2.24) is 4.98 Å². The van der Waals surface area contributed by atoms with E-state index >= 15 is 0 Å². The Bertz CT molecular complexity index is 752. The normalized spacial score (nSPS) is 13.7. The summed E-state index contributed by atoms with van der Waals surface area (Å²) in [6.07, 6.45) is 3.04. The highest BCUT2D eigenvalue weighted by molar-refractivity contribution is 6.04. The smallest absolute Gasteiger partial charge is 0.302 e. The first kappa shape index (κ1) is 15.3. The van der Waals surface area contributed by atoms with Crippen LogP contribution >= 0.6 is 0 Å². The number of aryl methyl sites for hydroxylation is 3. The van der Waals surface area contributed by atoms with Crippen molar-refractivity contribution in [3.8, 4) is 0 Å². The maximum absolute atomic E-state index is 12.3. The highest BCUT2D eigenvalue weighted by Crippen LogP contribution is 2.30. The van der Waals surface area contributed by atoms with Gasteiger partial charge in [-0.2, -0.15) is 4.98 Å². The minimum atomic E-state index is -0.365. The first-order valence-corrected chi connectivity index (χ1v) is 7.59. The molecule has 0 unspecified atom stereocenters. The zero-order valence-corrected chi connectivity index (χ0v) is 13.4. The summed E-state index contributed by atoms with van der Waals surface area (Å²) in [5.74, 6) is -0.420. The van der Waals surface area contributed by atoms with Gasteiger partial charge < -0.3 is 9.73 Å². The molecule has 6 heteroatoms. The van der Waals surface area contributed by atoms with Crippen LogP contribution in [0.3, 0.4) is 0 Å². The topological polar surface area (TPSA) is 84.2 Å². The standard InChI is InChI=1S/C17H19N3O3/c1-9-6-10(2)14(11(3)7-9)19-16(22)13-8-23-17(18-13)20-15(21)12-4-5-12/h6-8,12H,4-5H2,1-3H3,(H,19,22)(H,18,20,21). The van der Waals surface area contributed by atoms with E-state index in [4.69, 9.17) is 4.42 Å². The minimum absolute atomic E-state index is 0.0528. The lowest BCUT2D eigenvalue weighted by Crippen LogP contribution is -2.16. The fraction of sp³-hybridized carbons (Fsp3) is 0.353. The molecule has 1 heterocycles. The van der Waals surface area contributed by atoms with Crippen LogP contribution in [-0.4, -0.2) is 16.8 Å². The van der Waals surface area contributed by atoms with Crippen LogP contribution in [0, 0.1) is 26.7 Å². The van der Waals surface area contributed by atoms with E-state index in [9.17, 15) is 9.59 Å². The molecule has 3 rings (SSSR count). The maximum atomic E-state index is 12.3. The number of aromatic nitrogens is 1. The van der Waals surface area contributed by atoms with Crippen molar-refractivity contribution in [3.05, 3.63) is 40.8 Å². The molecule has 6 nitrogen and oxygen atoms in total. The van der Waals surface area contributed by atoms with E-state index < -0.39 is 0 Å². The predicted molar refractivity (Wildman–Crippen MR) is 86.5 cm³/mol. The first-order chi connectivity index (χ1) is 10.9. The third-order valence-corrected chi connectivity index (χ3v) is 3.83. The monoisotopic (exact) mass is 313 g/mol. The van der Waals surface area contributed by atoms with Gasteiger partial charge in [0, 0.05) is 11.6 Å². The van der Waals surface area contributed by atoms with Crippen LogP contribution in [0.4, 0.5) is 11.7 Å². The molecule has 1 aromatic carbocycles. The van der Waals surface area contributed by atoms with Crippen LogP contribution in [0.15, 0.2) is 22.8 Å². The van der Waals surface area contributed by atoms with Crippen molar-refractivity contribution >= 4 is 23.5 Å². The number of oxazole rings is 1. The molecule has 0 saturated heterocycles. The predicted octanol–water partition coefficient (Wildman–Crippen LogP) is 3.20. The van der Waals surface area contributed by atoms with E-state index in [1.54, 1.807) is 0 Å². The highest BCUT2D eigenvalue weighted by Gasteiger charge is 2.30. The summed E-state index contributed by atoms with van der Waals surface area (Å²) in [6, 6.07) is 4.07. The van der Waals surface area contributed by atoms with E-state index in [0.29, 0.717) is 0 Å². The van der Waals surface area contributed by atoms with Crippen LogP contribution < -0.4 is 10.6 Å². The zero-order chi connectivity index (χ0) is 16.6. The van der Waals surface area contributed by atoms with Crippen molar-refractivity contribution in [1.29, 1.82) is 0 Å².